The van der Waals surface area contributed by atoms with Crippen LogP contribution in [0.25, 0.3) is 0 Å². The monoisotopic (exact) mass is 432 g/mol. The molecule has 0 aromatic heterocycles. The van der Waals surface area contributed by atoms with Crippen LogP contribution in [0.5, 0.6) is 0 Å². The third-order valence-electron chi connectivity index (χ3n) is 7.11. The van der Waals surface area contributed by atoms with Gasteiger partial charge in [-0.3, -0.25) is 9.59 Å². The van der Waals surface area contributed by atoms with Crippen molar-refractivity contribution >= 4 is 11.8 Å². The fraction of sp³-hybridized carbons (Fsp3) is 0.583. The van der Waals surface area contributed by atoms with E-state index in [2.05, 4.69) is 11.2 Å². The summed E-state index contributed by atoms with van der Waals surface area (Å²) in [6.07, 6.45) is 7.37. The molecule has 0 atom stereocenters. The molecule has 0 heterocycles. The van der Waals surface area contributed by atoms with Crippen LogP contribution in [-0.4, -0.2) is 36.0 Å². The number of carbonyl (C=O) groups excluding carboxylic acids is 2. The average Bonchev–Trinajstić information content (AvgIpc) is 2.69. The SMILES string of the molecule is C#CCN(CC(F)(F)F)C(=O)c1ccc(CNC(=O)C23CC4CC(CC(C4)C2)C3)cc1. The van der Waals surface area contributed by atoms with Gasteiger partial charge >= 0.3 is 6.18 Å². The molecule has 1 aromatic carbocycles. The Morgan fingerprint density at radius 3 is 2.10 bits per heavy atom. The van der Waals surface area contributed by atoms with Crippen LogP contribution < -0.4 is 5.32 Å². The summed E-state index contributed by atoms with van der Waals surface area (Å²) in [6.45, 7) is -1.47. The third kappa shape index (κ3) is 4.73. The zero-order valence-corrected chi connectivity index (χ0v) is 17.4. The maximum absolute atomic E-state index is 13.0. The largest absolute Gasteiger partial charge is 0.406 e. The van der Waals surface area contributed by atoms with Gasteiger partial charge < -0.3 is 10.2 Å². The molecule has 4 fully saturated rings. The number of hydrogen-bond donors (Lipinski definition) is 1. The van der Waals surface area contributed by atoms with E-state index < -0.39 is 25.2 Å². The first kappa shape index (κ1) is 21.7. The Hall–Kier alpha value is -2.49. The lowest BCUT2D eigenvalue weighted by atomic mass is 9.49. The van der Waals surface area contributed by atoms with Gasteiger partial charge in [0.1, 0.15) is 6.54 Å². The zero-order chi connectivity index (χ0) is 22.2. The van der Waals surface area contributed by atoms with Gasteiger partial charge in [0.05, 0.1) is 6.54 Å². The summed E-state index contributed by atoms with van der Waals surface area (Å²) in [6, 6.07) is 6.28. The predicted octanol–water partition coefficient (Wildman–Crippen LogP) is 4.16. The summed E-state index contributed by atoms with van der Waals surface area (Å²) < 4.78 is 38.1. The van der Waals surface area contributed by atoms with Crippen molar-refractivity contribution in [1.29, 1.82) is 0 Å². The van der Waals surface area contributed by atoms with Gasteiger partial charge in [0, 0.05) is 17.5 Å². The maximum Gasteiger partial charge on any atom is 0.406 e. The Labute approximate surface area is 180 Å². The number of rotatable bonds is 6. The number of alkyl halides is 3. The number of terminal acetylenes is 1. The number of halogens is 3. The molecule has 7 heteroatoms. The van der Waals surface area contributed by atoms with Crippen molar-refractivity contribution in [2.75, 3.05) is 13.1 Å². The molecule has 4 nitrogen and oxygen atoms in total. The summed E-state index contributed by atoms with van der Waals surface area (Å²) in [4.78, 5) is 26.1. The fourth-order valence-corrected chi connectivity index (χ4v) is 6.23. The number of amides is 2. The van der Waals surface area contributed by atoms with Crippen LogP contribution in [0.2, 0.25) is 0 Å². The minimum absolute atomic E-state index is 0.122. The lowest BCUT2D eigenvalue weighted by Crippen LogP contribution is -2.53. The molecule has 2 amide bonds. The maximum atomic E-state index is 13.0. The first-order valence-electron chi connectivity index (χ1n) is 10.8. The molecule has 4 saturated carbocycles. The average molecular weight is 432 g/mol. The Morgan fingerprint density at radius 2 is 1.61 bits per heavy atom. The van der Waals surface area contributed by atoms with E-state index in [4.69, 9.17) is 6.42 Å². The summed E-state index contributed by atoms with van der Waals surface area (Å²) in [5.41, 5.74) is 0.711. The summed E-state index contributed by atoms with van der Waals surface area (Å²) >= 11 is 0. The molecule has 5 rings (SSSR count). The van der Waals surface area contributed by atoms with Gasteiger partial charge in [-0.15, -0.1) is 6.42 Å². The van der Waals surface area contributed by atoms with Gasteiger partial charge in [-0.05, 0) is 74.0 Å². The van der Waals surface area contributed by atoms with E-state index in [0.29, 0.717) is 29.2 Å². The second kappa shape index (κ2) is 8.22. The highest BCUT2D eigenvalue weighted by molar-refractivity contribution is 5.94. The zero-order valence-electron chi connectivity index (χ0n) is 17.4. The van der Waals surface area contributed by atoms with E-state index in [9.17, 15) is 22.8 Å². The number of benzene rings is 1. The molecule has 0 radical (unpaired) electrons. The van der Waals surface area contributed by atoms with E-state index >= 15 is 0 Å². The summed E-state index contributed by atoms with van der Waals surface area (Å²) in [5.74, 6) is 3.51. The molecular formula is C24H27F3N2O2. The lowest BCUT2D eigenvalue weighted by molar-refractivity contribution is -0.146. The van der Waals surface area contributed by atoms with E-state index in [-0.39, 0.29) is 16.9 Å². The summed E-state index contributed by atoms with van der Waals surface area (Å²) in [7, 11) is 0. The molecule has 0 saturated heterocycles. The van der Waals surface area contributed by atoms with Gasteiger partial charge in [0.25, 0.3) is 5.91 Å². The van der Waals surface area contributed by atoms with Crippen LogP contribution in [0.15, 0.2) is 24.3 Å². The Kier molecular flexibility index (Phi) is 5.76. The highest BCUT2D eigenvalue weighted by Gasteiger charge is 2.54. The minimum Gasteiger partial charge on any atom is -0.352 e. The van der Waals surface area contributed by atoms with Gasteiger partial charge in [0.2, 0.25) is 5.91 Å². The Balaban J connectivity index is 1.36. The number of carbonyl (C=O) groups is 2. The van der Waals surface area contributed by atoms with E-state index in [1.54, 1.807) is 12.1 Å². The van der Waals surface area contributed by atoms with E-state index in [1.807, 2.05) is 0 Å². The van der Waals surface area contributed by atoms with Gasteiger partial charge in [-0.2, -0.15) is 13.2 Å². The summed E-state index contributed by atoms with van der Waals surface area (Å²) in [5, 5.41) is 3.07. The van der Waals surface area contributed by atoms with Crippen LogP contribution in [0.4, 0.5) is 13.2 Å². The first-order chi connectivity index (χ1) is 14.7. The van der Waals surface area contributed by atoms with E-state index in [0.717, 1.165) is 24.8 Å². The smallest absolute Gasteiger partial charge is 0.352 e. The molecule has 1 aromatic rings. The van der Waals surface area contributed by atoms with Crippen molar-refractivity contribution < 1.29 is 22.8 Å². The lowest BCUT2D eigenvalue weighted by Gasteiger charge is -2.55. The van der Waals surface area contributed by atoms with Gasteiger partial charge in [-0.25, -0.2) is 0 Å². The number of hydrogen-bond acceptors (Lipinski definition) is 2. The molecule has 4 aliphatic carbocycles. The molecule has 0 unspecified atom stereocenters. The van der Waals surface area contributed by atoms with Crippen molar-refractivity contribution in [3.8, 4) is 12.3 Å². The molecule has 0 aliphatic heterocycles. The molecule has 31 heavy (non-hydrogen) atoms. The third-order valence-corrected chi connectivity index (χ3v) is 7.11. The Bertz CT molecular complexity index is 850. The normalized spacial score (nSPS) is 28.8. The molecule has 1 N–H and O–H groups in total. The topological polar surface area (TPSA) is 49.4 Å². The van der Waals surface area contributed by atoms with Crippen molar-refractivity contribution in [2.45, 2.75) is 51.2 Å². The van der Waals surface area contributed by atoms with Crippen molar-refractivity contribution in [3.05, 3.63) is 35.4 Å². The quantitative estimate of drug-likeness (QED) is 0.687. The van der Waals surface area contributed by atoms with Gasteiger partial charge in [0.15, 0.2) is 0 Å². The minimum atomic E-state index is -4.52. The Morgan fingerprint density at radius 1 is 1.06 bits per heavy atom. The molecule has 4 bridgehead atoms. The van der Waals surface area contributed by atoms with E-state index in [1.165, 1.54) is 31.4 Å². The highest BCUT2D eigenvalue weighted by atomic mass is 19.4. The molecular weight excluding hydrogens is 405 g/mol. The van der Waals surface area contributed by atoms with Crippen LogP contribution in [0, 0.1) is 35.5 Å². The molecule has 0 spiro atoms. The van der Waals surface area contributed by atoms with Crippen molar-refractivity contribution in [3.63, 3.8) is 0 Å². The second-order valence-corrected chi connectivity index (χ2v) is 9.56. The standard InChI is InChI=1S/C24H27F3N2O2/c1-2-7-29(15-24(25,26)27)21(30)20-5-3-16(4-6-20)14-28-22(31)23-11-17-8-18(12-23)10-19(9-17)13-23/h1,3-6,17-19H,7-15H2,(H,28,31). The van der Waals surface area contributed by atoms with Crippen LogP contribution in [0.3, 0.4) is 0 Å². The van der Waals surface area contributed by atoms with Crippen molar-refractivity contribution in [1.82, 2.24) is 10.2 Å². The highest BCUT2D eigenvalue weighted by Crippen LogP contribution is 2.60. The van der Waals surface area contributed by atoms with Crippen molar-refractivity contribution in [2.24, 2.45) is 23.2 Å². The van der Waals surface area contributed by atoms with Crippen LogP contribution in [0.1, 0.15) is 54.4 Å². The molecule has 166 valence electrons. The van der Waals surface area contributed by atoms with Gasteiger partial charge in [-0.1, -0.05) is 18.1 Å². The number of nitrogens with one attached hydrogen (secondary N) is 1. The van der Waals surface area contributed by atoms with Crippen LogP contribution >= 0.6 is 0 Å². The molecule has 4 aliphatic rings. The van der Waals surface area contributed by atoms with Crippen LogP contribution in [-0.2, 0) is 11.3 Å². The second-order valence-electron chi connectivity index (χ2n) is 9.56. The predicted molar refractivity (Wildman–Crippen MR) is 110 cm³/mol. The first-order valence-corrected chi connectivity index (χ1v) is 10.8. The fourth-order valence-electron chi connectivity index (χ4n) is 6.23. The number of nitrogens with zero attached hydrogens (tertiary/aromatic N) is 1.